The van der Waals surface area contributed by atoms with Crippen LogP contribution < -0.4 is 4.90 Å². The maximum absolute atomic E-state index is 13.3. The third-order valence-corrected chi connectivity index (χ3v) is 4.31. The molecular formula is C16H14BrFN2O3. The van der Waals surface area contributed by atoms with Gasteiger partial charge in [0.1, 0.15) is 17.6 Å². The summed E-state index contributed by atoms with van der Waals surface area (Å²) in [7, 11) is 0. The fraction of sp³-hybridized carbons (Fsp3) is 0.250. The number of morpholine rings is 1. The van der Waals surface area contributed by atoms with E-state index in [0.717, 1.165) is 16.1 Å². The molecular weight excluding hydrogens is 367 g/mol. The quantitative estimate of drug-likeness (QED) is 0.594. The first-order chi connectivity index (χ1) is 11.0. The van der Waals surface area contributed by atoms with Crippen molar-refractivity contribution >= 4 is 27.3 Å². The van der Waals surface area contributed by atoms with E-state index in [4.69, 9.17) is 4.74 Å². The Bertz CT molecular complexity index is 724. The van der Waals surface area contributed by atoms with Crippen molar-refractivity contribution in [3.8, 4) is 0 Å². The van der Waals surface area contributed by atoms with E-state index in [1.165, 1.54) is 12.1 Å². The minimum Gasteiger partial charge on any atom is -0.370 e. The zero-order valence-electron chi connectivity index (χ0n) is 12.1. The molecule has 0 aliphatic carbocycles. The lowest BCUT2D eigenvalue weighted by molar-refractivity contribution is -0.384. The smallest absolute Gasteiger partial charge is 0.295 e. The third kappa shape index (κ3) is 3.51. The molecule has 1 unspecified atom stereocenters. The van der Waals surface area contributed by atoms with Crippen molar-refractivity contribution < 1.29 is 14.1 Å². The summed E-state index contributed by atoms with van der Waals surface area (Å²) in [5.41, 5.74) is 1.20. The maximum atomic E-state index is 13.3. The average molecular weight is 381 g/mol. The minimum atomic E-state index is -0.613. The number of nitrogens with zero attached hydrogens (tertiary/aromatic N) is 2. The number of hydrogen-bond acceptors (Lipinski definition) is 4. The van der Waals surface area contributed by atoms with Crippen LogP contribution in [0.2, 0.25) is 0 Å². The van der Waals surface area contributed by atoms with Gasteiger partial charge in [0.15, 0.2) is 0 Å². The molecule has 0 amide bonds. The van der Waals surface area contributed by atoms with Crippen molar-refractivity contribution in [2.24, 2.45) is 0 Å². The normalized spacial score (nSPS) is 18.0. The van der Waals surface area contributed by atoms with Crippen LogP contribution in [0.25, 0.3) is 0 Å². The lowest BCUT2D eigenvalue weighted by atomic mass is 10.1. The van der Waals surface area contributed by atoms with Crippen LogP contribution in [-0.4, -0.2) is 24.6 Å². The first-order valence-electron chi connectivity index (χ1n) is 7.10. The summed E-state index contributed by atoms with van der Waals surface area (Å²) >= 11 is 3.39. The highest BCUT2D eigenvalue weighted by Gasteiger charge is 2.27. The van der Waals surface area contributed by atoms with Crippen LogP contribution in [0.3, 0.4) is 0 Å². The van der Waals surface area contributed by atoms with Gasteiger partial charge in [0.25, 0.3) is 5.69 Å². The van der Waals surface area contributed by atoms with E-state index in [1.54, 1.807) is 0 Å². The van der Waals surface area contributed by atoms with Crippen LogP contribution in [0.15, 0.2) is 46.9 Å². The van der Waals surface area contributed by atoms with Gasteiger partial charge < -0.3 is 9.64 Å². The Hall–Kier alpha value is -1.99. The highest BCUT2D eigenvalue weighted by molar-refractivity contribution is 9.10. The molecule has 2 aromatic carbocycles. The average Bonchev–Trinajstić information content (AvgIpc) is 2.55. The molecule has 5 nitrogen and oxygen atoms in total. The van der Waals surface area contributed by atoms with Crippen molar-refractivity contribution in [2.75, 3.05) is 24.6 Å². The van der Waals surface area contributed by atoms with Gasteiger partial charge in [-0.2, -0.15) is 0 Å². The summed E-state index contributed by atoms with van der Waals surface area (Å²) in [6, 6.07) is 11.4. The van der Waals surface area contributed by atoms with Crippen LogP contribution in [0, 0.1) is 15.9 Å². The Kier molecular flexibility index (Phi) is 4.58. The second-order valence-corrected chi connectivity index (χ2v) is 6.16. The molecule has 1 heterocycles. The summed E-state index contributed by atoms with van der Waals surface area (Å²) in [6.45, 7) is 1.46. The first-order valence-corrected chi connectivity index (χ1v) is 7.90. The van der Waals surface area contributed by atoms with Crippen LogP contribution >= 0.6 is 15.9 Å². The van der Waals surface area contributed by atoms with E-state index in [-0.39, 0.29) is 11.8 Å². The zero-order valence-corrected chi connectivity index (χ0v) is 13.7. The number of anilines is 1. The molecule has 0 saturated carbocycles. The molecule has 1 aliphatic rings. The van der Waals surface area contributed by atoms with Crippen molar-refractivity contribution in [3.63, 3.8) is 0 Å². The van der Waals surface area contributed by atoms with Gasteiger partial charge in [-0.15, -0.1) is 0 Å². The number of nitro groups is 1. The third-order valence-electron chi connectivity index (χ3n) is 3.78. The Morgan fingerprint density at radius 2 is 2.00 bits per heavy atom. The lowest BCUT2D eigenvalue weighted by Gasteiger charge is -2.34. The van der Waals surface area contributed by atoms with Crippen LogP contribution in [0.4, 0.5) is 15.8 Å². The Morgan fingerprint density at radius 3 is 2.70 bits per heavy atom. The molecule has 0 radical (unpaired) electrons. The number of ether oxygens (including phenoxy) is 1. The number of nitro benzene ring substituents is 1. The first kappa shape index (κ1) is 15.9. The van der Waals surface area contributed by atoms with Gasteiger partial charge >= 0.3 is 0 Å². The summed E-state index contributed by atoms with van der Waals surface area (Å²) in [6.07, 6.45) is -0.179. The molecule has 1 aliphatic heterocycles. The van der Waals surface area contributed by atoms with E-state index < -0.39 is 10.7 Å². The van der Waals surface area contributed by atoms with Gasteiger partial charge in [0, 0.05) is 17.6 Å². The SMILES string of the molecule is O=[N+]([O-])c1cc(F)ccc1N1CCOC(c2ccc(Br)cc2)C1. The van der Waals surface area contributed by atoms with Crippen molar-refractivity contribution in [1.29, 1.82) is 0 Å². The van der Waals surface area contributed by atoms with Gasteiger partial charge in [-0.05, 0) is 29.8 Å². The second kappa shape index (κ2) is 6.64. The van der Waals surface area contributed by atoms with E-state index in [0.29, 0.717) is 25.4 Å². The summed E-state index contributed by atoms with van der Waals surface area (Å²) in [4.78, 5) is 12.5. The molecule has 120 valence electrons. The predicted molar refractivity (Wildman–Crippen MR) is 88.1 cm³/mol. The molecule has 0 N–H and O–H groups in total. The highest BCUT2D eigenvalue weighted by Crippen LogP contribution is 2.33. The molecule has 0 bridgehead atoms. The highest BCUT2D eigenvalue weighted by atomic mass is 79.9. The van der Waals surface area contributed by atoms with Crippen LogP contribution in [0.5, 0.6) is 0 Å². The molecule has 1 fully saturated rings. The molecule has 7 heteroatoms. The molecule has 23 heavy (non-hydrogen) atoms. The standard InChI is InChI=1S/C16H14BrFN2O3/c17-12-3-1-11(2-4-12)16-10-19(7-8-23-16)14-6-5-13(18)9-15(14)20(21)22/h1-6,9,16H,7-8,10H2. The van der Waals surface area contributed by atoms with Crippen molar-refractivity contribution in [2.45, 2.75) is 6.10 Å². The molecule has 1 saturated heterocycles. The van der Waals surface area contributed by atoms with Crippen molar-refractivity contribution in [1.82, 2.24) is 0 Å². The van der Waals surface area contributed by atoms with Gasteiger partial charge in [-0.1, -0.05) is 28.1 Å². The van der Waals surface area contributed by atoms with Crippen LogP contribution in [-0.2, 0) is 4.74 Å². The summed E-state index contributed by atoms with van der Waals surface area (Å²) in [5.74, 6) is -0.613. The van der Waals surface area contributed by atoms with Gasteiger partial charge in [-0.3, -0.25) is 10.1 Å². The fourth-order valence-corrected chi connectivity index (χ4v) is 2.92. The Labute approximate surface area is 141 Å². The van der Waals surface area contributed by atoms with E-state index >= 15 is 0 Å². The summed E-state index contributed by atoms with van der Waals surface area (Å²) in [5, 5.41) is 11.2. The molecule has 0 spiro atoms. The van der Waals surface area contributed by atoms with Gasteiger partial charge in [0.2, 0.25) is 0 Å². The lowest BCUT2D eigenvalue weighted by Crippen LogP contribution is -2.38. The number of halogens is 2. The Morgan fingerprint density at radius 1 is 1.26 bits per heavy atom. The molecule has 2 aromatic rings. The fourth-order valence-electron chi connectivity index (χ4n) is 2.66. The van der Waals surface area contributed by atoms with Crippen molar-refractivity contribution in [3.05, 3.63) is 68.4 Å². The Balaban J connectivity index is 1.87. The number of hydrogen-bond donors (Lipinski definition) is 0. The molecule has 3 rings (SSSR count). The van der Waals surface area contributed by atoms with E-state index in [9.17, 15) is 14.5 Å². The van der Waals surface area contributed by atoms with E-state index in [2.05, 4.69) is 15.9 Å². The molecule has 0 aromatic heterocycles. The molecule has 1 atom stereocenters. The van der Waals surface area contributed by atoms with Gasteiger partial charge in [0.05, 0.1) is 17.6 Å². The minimum absolute atomic E-state index is 0.179. The number of rotatable bonds is 3. The van der Waals surface area contributed by atoms with E-state index in [1.807, 2.05) is 29.2 Å². The maximum Gasteiger partial charge on any atom is 0.295 e. The summed E-state index contributed by atoms with van der Waals surface area (Å²) < 4.78 is 20.1. The topological polar surface area (TPSA) is 55.6 Å². The zero-order chi connectivity index (χ0) is 16.4. The monoisotopic (exact) mass is 380 g/mol. The van der Waals surface area contributed by atoms with Crippen LogP contribution in [0.1, 0.15) is 11.7 Å². The predicted octanol–water partition coefficient (Wildman–Crippen LogP) is 4.07. The number of benzene rings is 2. The second-order valence-electron chi connectivity index (χ2n) is 5.25. The largest absolute Gasteiger partial charge is 0.370 e. The van der Waals surface area contributed by atoms with Gasteiger partial charge in [-0.25, -0.2) is 4.39 Å².